The number of carbonyl (C=O) groups is 1. The lowest BCUT2D eigenvalue weighted by molar-refractivity contribution is 0.0730. The molecule has 2 heteroatoms. The third kappa shape index (κ3) is 1.50. The highest BCUT2D eigenvalue weighted by Gasteiger charge is 2.28. The molecule has 1 aromatic carbocycles. The van der Waals surface area contributed by atoms with E-state index in [1.165, 1.54) is 0 Å². The lowest BCUT2D eigenvalue weighted by Crippen LogP contribution is -2.30. The zero-order valence-corrected chi connectivity index (χ0v) is 8.95. The third-order valence-corrected chi connectivity index (χ3v) is 2.73. The Morgan fingerprint density at radius 3 is 2.80 bits per heavy atom. The Bertz CT molecular complexity index is 454. The van der Waals surface area contributed by atoms with E-state index in [2.05, 4.69) is 5.92 Å². The Balaban J connectivity index is 2.42. The van der Waals surface area contributed by atoms with Crippen LogP contribution in [0.3, 0.4) is 0 Å². The summed E-state index contributed by atoms with van der Waals surface area (Å²) in [5, 5.41) is 0. The highest BCUT2D eigenvalue weighted by Crippen LogP contribution is 2.25. The zero-order chi connectivity index (χ0) is 11.0. The molecule has 0 aliphatic carbocycles. The second-order valence-corrected chi connectivity index (χ2v) is 4.04. The van der Waals surface area contributed by atoms with Crippen LogP contribution in [0.4, 0.5) is 0 Å². The van der Waals surface area contributed by atoms with E-state index in [4.69, 9.17) is 6.42 Å². The number of hydrogen-bond acceptors (Lipinski definition) is 1. The molecule has 15 heavy (non-hydrogen) atoms. The molecule has 0 saturated heterocycles. The molecule has 0 bridgehead atoms. The maximum atomic E-state index is 11.9. The maximum Gasteiger partial charge on any atom is 0.254 e. The second-order valence-electron chi connectivity index (χ2n) is 4.04. The smallest absolute Gasteiger partial charge is 0.254 e. The normalized spacial score (nSPS) is 14.3. The molecule has 1 amide bonds. The fourth-order valence-corrected chi connectivity index (χ4v) is 1.85. The van der Waals surface area contributed by atoms with Crippen LogP contribution < -0.4 is 0 Å². The average molecular weight is 199 g/mol. The van der Waals surface area contributed by atoms with E-state index < -0.39 is 0 Å². The van der Waals surface area contributed by atoms with E-state index in [0.717, 1.165) is 16.7 Å². The van der Waals surface area contributed by atoms with E-state index in [0.29, 0.717) is 6.54 Å². The van der Waals surface area contributed by atoms with Crippen LogP contribution in [-0.4, -0.2) is 16.8 Å². The van der Waals surface area contributed by atoms with Gasteiger partial charge in [-0.15, -0.1) is 6.42 Å². The van der Waals surface area contributed by atoms with Crippen molar-refractivity contribution >= 4 is 5.91 Å². The van der Waals surface area contributed by atoms with Crippen molar-refractivity contribution in [3.05, 3.63) is 34.9 Å². The Labute approximate surface area is 89.9 Å². The maximum absolute atomic E-state index is 11.9. The van der Waals surface area contributed by atoms with Crippen molar-refractivity contribution < 1.29 is 4.79 Å². The predicted molar refractivity (Wildman–Crippen MR) is 59.4 cm³/mol. The number of carbonyl (C=O) groups excluding carboxylic acids is 1. The van der Waals surface area contributed by atoms with Crippen LogP contribution in [0, 0.1) is 12.3 Å². The summed E-state index contributed by atoms with van der Waals surface area (Å²) in [7, 11) is 0. The molecule has 1 heterocycles. The highest BCUT2D eigenvalue weighted by molar-refractivity contribution is 5.98. The van der Waals surface area contributed by atoms with Gasteiger partial charge in [-0.25, -0.2) is 0 Å². The van der Waals surface area contributed by atoms with Gasteiger partial charge in [0.1, 0.15) is 0 Å². The van der Waals surface area contributed by atoms with E-state index in [9.17, 15) is 4.79 Å². The standard InChI is InChI=1S/C13H13NO/c1-4-10-5-6-12-11(7-10)8-14(9(2)3)13(12)15/h1,5-7,9H,8H2,2-3H3. The monoisotopic (exact) mass is 199 g/mol. The van der Waals surface area contributed by atoms with Crippen LogP contribution in [0.1, 0.15) is 35.3 Å². The summed E-state index contributed by atoms with van der Waals surface area (Å²) in [5.41, 5.74) is 2.68. The van der Waals surface area contributed by atoms with Gasteiger partial charge in [0.2, 0.25) is 0 Å². The molecule has 0 saturated carbocycles. The molecule has 1 aliphatic heterocycles. The Kier molecular flexibility index (Phi) is 2.24. The van der Waals surface area contributed by atoms with Gasteiger partial charge in [-0.05, 0) is 37.6 Å². The minimum absolute atomic E-state index is 0.114. The van der Waals surface area contributed by atoms with Crippen molar-refractivity contribution in [1.29, 1.82) is 0 Å². The summed E-state index contributed by atoms with van der Waals surface area (Å²) in [6.45, 7) is 4.72. The second kappa shape index (κ2) is 3.43. The molecular weight excluding hydrogens is 186 g/mol. The van der Waals surface area contributed by atoms with Crippen LogP contribution >= 0.6 is 0 Å². The van der Waals surface area contributed by atoms with Crippen molar-refractivity contribution in [3.8, 4) is 12.3 Å². The number of terminal acetylenes is 1. The highest BCUT2D eigenvalue weighted by atomic mass is 16.2. The van der Waals surface area contributed by atoms with Crippen molar-refractivity contribution in [2.45, 2.75) is 26.4 Å². The Hall–Kier alpha value is -1.75. The average Bonchev–Trinajstić information content (AvgIpc) is 2.55. The quantitative estimate of drug-likeness (QED) is 0.634. The molecule has 1 aromatic rings. The summed E-state index contributed by atoms with van der Waals surface area (Å²) in [5.74, 6) is 2.70. The summed E-state index contributed by atoms with van der Waals surface area (Å²) in [4.78, 5) is 13.8. The van der Waals surface area contributed by atoms with Gasteiger partial charge in [0.05, 0.1) is 0 Å². The van der Waals surface area contributed by atoms with Crippen molar-refractivity contribution in [2.75, 3.05) is 0 Å². The largest absolute Gasteiger partial charge is 0.332 e. The number of nitrogens with zero attached hydrogens (tertiary/aromatic N) is 1. The third-order valence-electron chi connectivity index (χ3n) is 2.73. The lowest BCUT2D eigenvalue weighted by Gasteiger charge is -2.19. The first-order chi connectivity index (χ1) is 7.13. The molecule has 0 N–H and O–H groups in total. The van der Waals surface area contributed by atoms with Gasteiger partial charge in [0.15, 0.2) is 0 Å². The molecule has 2 rings (SSSR count). The molecule has 1 aliphatic rings. The Morgan fingerprint density at radius 1 is 1.47 bits per heavy atom. The fourth-order valence-electron chi connectivity index (χ4n) is 1.85. The molecule has 0 fully saturated rings. The lowest BCUT2D eigenvalue weighted by atomic mass is 10.1. The van der Waals surface area contributed by atoms with Crippen LogP contribution in [0.15, 0.2) is 18.2 Å². The molecule has 0 spiro atoms. The SMILES string of the molecule is C#Cc1ccc2c(c1)CN(C(C)C)C2=O. The summed E-state index contributed by atoms with van der Waals surface area (Å²) in [6.07, 6.45) is 5.32. The number of fused-ring (bicyclic) bond motifs is 1. The van der Waals surface area contributed by atoms with Gasteiger partial charge in [-0.3, -0.25) is 4.79 Å². The minimum atomic E-state index is 0.114. The van der Waals surface area contributed by atoms with Gasteiger partial charge < -0.3 is 4.90 Å². The molecule has 0 atom stereocenters. The van der Waals surface area contributed by atoms with Gasteiger partial charge in [0.25, 0.3) is 5.91 Å². The fraction of sp³-hybridized carbons (Fsp3) is 0.308. The summed E-state index contributed by atoms with van der Waals surface area (Å²) in [6, 6.07) is 5.81. The van der Waals surface area contributed by atoms with Gasteiger partial charge >= 0.3 is 0 Å². The van der Waals surface area contributed by atoms with Gasteiger partial charge in [-0.2, -0.15) is 0 Å². The first kappa shape index (κ1) is 9.79. The van der Waals surface area contributed by atoms with Crippen LogP contribution in [0.5, 0.6) is 0 Å². The molecule has 76 valence electrons. The van der Waals surface area contributed by atoms with Crippen molar-refractivity contribution in [3.63, 3.8) is 0 Å². The number of benzene rings is 1. The van der Waals surface area contributed by atoms with Crippen molar-refractivity contribution in [1.82, 2.24) is 4.90 Å². The topological polar surface area (TPSA) is 20.3 Å². The van der Waals surface area contributed by atoms with Crippen LogP contribution in [0.2, 0.25) is 0 Å². The molecule has 0 radical (unpaired) electrons. The molecule has 2 nitrogen and oxygen atoms in total. The molecule has 0 unspecified atom stereocenters. The molecular formula is C13H13NO. The van der Waals surface area contributed by atoms with E-state index in [1.54, 1.807) is 0 Å². The minimum Gasteiger partial charge on any atom is -0.332 e. The van der Waals surface area contributed by atoms with Gasteiger partial charge in [-0.1, -0.05) is 5.92 Å². The number of rotatable bonds is 1. The van der Waals surface area contributed by atoms with Gasteiger partial charge in [0, 0.05) is 23.7 Å². The van der Waals surface area contributed by atoms with E-state index in [-0.39, 0.29) is 11.9 Å². The van der Waals surface area contributed by atoms with Crippen LogP contribution in [0.25, 0.3) is 0 Å². The van der Waals surface area contributed by atoms with Crippen LogP contribution in [-0.2, 0) is 6.54 Å². The zero-order valence-electron chi connectivity index (χ0n) is 8.95. The number of hydrogen-bond donors (Lipinski definition) is 0. The summed E-state index contributed by atoms with van der Waals surface area (Å²) < 4.78 is 0. The Morgan fingerprint density at radius 2 is 2.20 bits per heavy atom. The van der Waals surface area contributed by atoms with E-state index >= 15 is 0 Å². The number of amides is 1. The first-order valence-corrected chi connectivity index (χ1v) is 5.04. The summed E-state index contributed by atoms with van der Waals surface area (Å²) >= 11 is 0. The van der Waals surface area contributed by atoms with Crippen molar-refractivity contribution in [2.24, 2.45) is 0 Å². The predicted octanol–water partition coefficient (Wildman–Crippen LogP) is 2.03. The van der Waals surface area contributed by atoms with E-state index in [1.807, 2.05) is 36.9 Å². The molecule has 0 aromatic heterocycles. The first-order valence-electron chi connectivity index (χ1n) is 5.04.